The maximum atomic E-state index is 2.35. The predicted molar refractivity (Wildman–Crippen MR) is 193 cm³/mol. The average Bonchev–Trinajstić information content (AvgIpc) is 3.13. The number of hydrogen-bond acceptors (Lipinski definition) is 1. The van der Waals surface area contributed by atoms with Crippen molar-refractivity contribution in [2.24, 2.45) is 0 Å². The Hall–Kier alpha value is -5.66. The van der Waals surface area contributed by atoms with E-state index >= 15 is 0 Å². The number of rotatable bonds is 6. The molecule has 0 saturated carbocycles. The van der Waals surface area contributed by atoms with Crippen LogP contribution in [-0.4, -0.2) is 0 Å². The standard InChI is InChI=1S/C44H33N/c1-3-11-32(12-4-1)34-19-25-38(26-20-34)45(39-27-21-35(22-28-39)33-13-5-2-6-14-33)40-29-23-36(24-30-40)44-31-37-15-7-8-16-41(37)42-17-9-10-18-43(42)44/h1,3-5,7-31H,2,6H2. The molecular formula is C44H33N. The fourth-order valence-electron chi connectivity index (χ4n) is 6.59. The summed E-state index contributed by atoms with van der Waals surface area (Å²) in [7, 11) is 0. The molecule has 0 aromatic heterocycles. The number of hydrogen-bond donors (Lipinski definition) is 0. The van der Waals surface area contributed by atoms with Crippen LogP contribution in [0.25, 0.3) is 49.4 Å². The summed E-state index contributed by atoms with van der Waals surface area (Å²) in [5, 5.41) is 5.12. The topological polar surface area (TPSA) is 3.24 Å². The second-order valence-corrected chi connectivity index (χ2v) is 11.7. The molecule has 1 heteroatoms. The first-order valence-electron chi connectivity index (χ1n) is 15.8. The number of allylic oxidation sites excluding steroid dienone is 4. The van der Waals surface area contributed by atoms with Crippen LogP contribution in [0, 0.1) is 0 Å². The van der Waals surface area contributed by atoms with Crippen LogP contribution in [0.4, 0.5) is 17.1 Å². The lowest BCUT2D eigenvalue weighted by atomic mass is 9.93. The van der Waals surface area contributed by atoms with Crippen molar-refractivity contribution in [3.8, 4) is 22.3 Å². The van der Waals surface area contributed by atoms with Crippen LogP contribution >= 0.6 is 0 Å². The molecular weight excluding hydrogens is 542 g/mol. The summed E-state index contributed by atoms with van der Waals surface area (Å²) in [5.41, 5.74) is 10.9. The van der Waals surface area contributed by atoms with Gasteiger partial charge in [-0.05, 0) is 110 Å². The fraction of sp³-hybridized carbons (Fsp3) is 0.0455. The molecule has 0 bridgehead atoms. The number of nitrogens with zero attached hydrogens (tertiary/aromatic N) is 1. The van der Waals surface area contributed by atoms with Crippen molar-refractivity contribution in [1.29, 1.82) is 0 Å². The van der Waals surface area contributed by atoms with Crippen LogP contribution in [0.5, 0.6) is 0 Å². The van der Waals surface area contributed by atoms with E-state index in [4.69, 9.17) is 0 Å². The van der Waals surface area contributed by atoms with Gasteiger partial charge in [0.2, 0.25) is 0 Å². The Kier molecular flexibility index (Phi) is 7.05. The van der Waals surface area contributed by atoms with Gasteiger partial charge in [0, 0.05) is 17.1 Å². The highest BCUT2D eigenvalue weighted by Crippen LogP contribution is 2.39. The van der Waals surface area contributed by atoms with Gasteiger partial charge in [-0.2, -0.15) is 0 Å². The second-order valence-electron chi connectivity index (χ2n) is 11.7. The molecule has 1 nitrogen and oxygen atoms in total. The highest BCUT2D eigenvalue weighted by Gasteiger charge is 2.15. The maximum absolute atomic E-state index is 2.35. The van der Waals surface area contributed by atoms with Gasteiger partial charge in [-0.1, -0.05) is 133 Å². The summed E-state index contributed by atoms with van der Waals surface area (Å²) >= 11 is 0. The molecule has 1 aliphatic rings. The lowest BCUT2D eigenvalue weighted by molar-refractivity contribution is 1.04. The van der Waals surface area contributed by atoms with Crippen molar-refractivity contribution < 1.29 is 0 Å². The molecule has 0 aliphatic heterocycles. The van der Waals surface area contributed by atoms with Gasteiger partial charge in [0.25, 0.3) is 0 Å². The van der Waals surface area contributed by atoms with Crippen molar-refractivity contribution in [2.45, 2.75) is 12.8 Å². The highest BCUT2D eigenvalue weighted by atomic mass is 15.1. The largest absolute Gasteiger partial charge is 0.311 e. The van der Waals surface area contributed by atoms with Gasteiger partial charge in [0.05, 0.1) is 0 Å². The Morgan fingerprint density at radius 2 is 0.933 bits per heavy atom. The highest BCUT2D eigenvalue weighted by molar-refractivity contribution is 6.13. The van der Waals surface area contributed by atoms with Gasteiger partial charge in [-0.15, -0.1) is 0 Å². The Morgan fingerprint density at radius 1 is 0.400 bits per heavy atom. The van der Waals surface area contributed by atoms with Crippen molar-refractivity contribution >= 4 is 44.2 Å². The third-order valence-electron chi connectivity index (χ3n) is 8.89. The van der Waals surface area contributed by atoms with Gasteiger partial charge in [0.15, 0.2) is 0 Å². The van der Waals surface area contributed by atoms with Crippen LogP contribution in [0.3, 0.4) is 0 Å². The molecule has 7 aromatic rings. The zero-order chi connectivity index (χ0) is 30.0. The molecule has 0 fully saturated rings. The summed E-state index contributed by atoms with van der Waals surface area (Å²) in [6.45, 7) is 0. The Labute approximate surface area is 265 Å². The van der Waals surface area contributed by atoms with Crippen molar-refractivity contribution in [3.05, 3.63) is 182 Å². The lowest BCUT2D eigenvalue weighted by Gasteiger charge is -2.26. The molecule has 0 saturated heterocycles. The normalized spacial score (nSPS) is 12.8. The molecule has 1 aliphatic carbocycles. The minimum Gasteiger partial charge on any atom is -0.311 e. The van der Waals surface area contributed by atoms with Crippen LogP contribution < -0.4 is 4.90 Å². The minimum absolute atomic E-state index is 1.10. The van der Waals surface area contributed by atoms with E-state index < -0.39 is 0 Å². The molecule has 7 aromatic carbocycles. The van der Waals surface area contributed by atoms with E-state index in [-0.39, 0.29) is 0 Å². The van der Waals surface area contributed by atoms with E-state index in [2.05, 4.69) is 181 Å². The lowest BCUT2D eigenvalue weighted by Crippen LogP contribution is -2.10. The fourth-order valence-corrected chi connectivity index (χ4v) is 6.59. The Morgan fingerprint density at radius 3 is 1.58 bits per heavy atom. The maximum Gasteiger partial charge on any atom is 0.0462 e. The molecule has 0 heterocycles. The molecule has 214 valence electrons. The van der Waals surface area contributed by atoms with E-state index in [0.29, 0.717) is 0 Å². The third-order valence-corrected chi connectivity index (χ3v) is 8.89. The molecule has 0 atom stereocenters. The SMILES string of the molecule is C1=CC(c2ccc(N(c3ccc(-c4ccccc4)cc3)c3ccc(-c4cc5ccccc5c5ccccc45)cc3)cc2)=CCC1. The summed E-state index contributed by atoms with van der Waals surface area (Å²) in [4.78, 5) is 2.35. The second kappa shape index (κ2) is 11.8. The van der Waals surface area contributed by atoms with Gasteiger partial charge >= 0.3 is 0 Å². The zero-order valence-electron chi connectivity index (χ0n) is 25.1. The number of fused-ring (bicyclic) bond motifs is 3. The molecule has 0 unspecified atom stereocenters. The van der Waals surface area contributed by atoms with Gasteiger partial charge < -0.3 is 4.90 Å². The van der Waals surface area contributed by atoms with Crippen LogP contribution in [0.15, 0.2) is 176 Å². The Balaban J connectivity index is 1.20. The smallest absolute Gasteiger partial charge is 0.0462 e. The molecule has 0 spiro atoms. The molecule has 0 N–H and O–H groups in total. The molecule has 0 amide bonds. The van der Waals surface area contributed by atoms with Gasteiger partial charge in [-0.25, -0.2) is 0 Å². The molecule has 0 radical (unpaired) electrons. The monoisotopic (exact) mass is 575 g/mol. The zero-order valence-corrected chi connectivity index (χ0v) is 25.1. The van der Waals surface area contributed by atoms with Crippen molar-refractivity contribution in [2.75, 3.05) is 4.90 Å². The summed E-state index contributed by atoms with van der Waals surface area (Å²) in [5.74, 6) is 0. The van der Waals surface area contributed by atoms with Crippen molar-refractivity contribution in [3.63, 3.8) is 0 Å². The Bertz CT molecular complexity index is 2170. The van der Waals surface area contributed by atoms with E-state index in [1.807, 2.05) is 0 Å². The minimum atomic E-state index is 1.10. The van der Waals surface area contributed by atoms with E-state index in [1.165, 1.54) is 54.9 Å². The van der Waals surface area contributed by atoms with Crippen LogP contribution in [-0.2, 0) is 0 Å². The number of anilines is 3. The van der Waals surface area contributed by atoms with Gasteiger partial charge in [0.1, 0.15) is 0 Å². The summed E-state index contributed by atoms with van der Waals surface area (Å²) in [6.07, 6.45) is 9.08. The first-order valence-corrected chi connectivity index (χ1v) is 15.8. The average molecular weight is 576 g/mol. The quantitative estimate of drug-likeness (QED) is 0.178. The molecule has 45 heavy (non-hydrogen) atoms. The van der Waals surface area contributed by atoms with E-state index in [1.54, 1.807) is 0 Å². The molecule has 8 rings (SSSR count). The first kappa shape index (κ1) is 26.9. The summed E-state index contributed by atoms with van der Waals surface area (Å²) < 4.78 is 0. The van der Waals surface area contributed by atoms with Gasteiger partial charge in [-0.3, -0.25) is 0 Å². The van der Waals surface area contributed by atoms with E-state index in [9.17, 15) is 0 Å². The summed E-state index contributed by atoms with van der Waals surface area (Å²) in [6, 6.07) is 57.3. The predicted octanol–water partition coefficient (Wildman–Crippen LogP) is 12.5. The van der Waals surface area contributed by atoms with E-state index in [0.717, 1.165) is 29.9 Å². The van der Waals surface area contributed by atoms with Crippen molar-refractivity contribution in [1.82, 2.24) is 0 Å². The number of benzene rings is 7. The van der Waals surface area contributed by atoms with Crippen LogP contribution in [0.1, 0.15) is 18.4 Å². The third kappa shape index (κ3) is 5.24. The van der Waals surface area contributed by atoms with Crippen LogP contribution in [0.2, 0.25) is 0 Å². The first-order chi connectivity index (χ1) is 22.3.